The van der Waals surface area contributed by atoms with Crippen molar-refractivity contribution in [1.82, 2.24) is 0 Å². The molecule has 1 heterocycles. The fourth-order valence-electron chi connectivity index (χ4n) is 2.67. The molecule has 32 heavy (non-hydrogen) atoms. The molecule has 190 valence electrons. The average molecular weight is 467 g/mol. The lowest BCUT2D eigenvalue weighted by atomic mass is 10.2. The Bertz CT molecular complexity index is 404. The highest BCUT2D eigenvalue weighted by molar-refractivity contribution is 5.69. The van der Waals surface area contributed by atoms with Crippen LogP contribution in [0.2, 0.25) is 0 Å². The minimum absolute atomic E-state index is 0.0629. The molecular formula is C22H42O10. The van der Waals surface area contributed by atoms with Crippen LogP contribution in [0.1, 0.15) is 32.6 Å². The van der Waals surface area contributed by atoms with Gasteiger partial charge in [-0.3, -0.25) is 4.79 Å². The van der Waals surface area contributed by atoms with Crippen LogP contribution in [-0.4, -0.2) is 111 Å². The van der Waals surface area contributed by atoms with Gasteiger partial charge in [-0.05, 0) is 26.2 Å². The van der Waals surface area contributed by atoms with E-state index in [4.69, 9.17) is 42.6 Å². The first-order chi connectivity index (χ1) is 15.8. The van der Waals surface area contributed by atoms with Crippen molar-refractivity contribution in [3.8, 4) is 0 Å². The second kappa shape index (κ2) is 23.3. The van der Waals surface area contributed by atoms with Gasteiger partial charge in [0.1, 0.15) is 0 Å². The van der Waals surface area contributed by atoms with Gasteiger partial charge in [-0.1, -0.05) is 0 Å². The topological polar surface area (TPSA) is 100 Å². The van der Waals surface area contributed by atoms with E-state index in [0.717, 1.165) is 19.4 Å². The molecule has 0 bridgehead atoms. The van der Waals surface area contributed by atoms with Gasteiger partial charge in [0.2, 0.25) is 0 Å². The summed E-state index contributed by atoms with van der Waals surface area (Å²) in [5, 5.41) is 0. The molecule has 1 saturated heterocycles. The summed E-state index contributed by atoms with van der Waals surface area (Å²) in [5.74, 6) is -0.244. The first-order valence-corrected chi connectivity index (χ1v) is 11.7. The van der Waals surface area contributed by atoms with Gasteiger partial charge in [-0.15, -0.1) is 0 Å². The monoisotopic (exact) mass is 466 g/mol. The Labute approximate surface area is 192 Å². The maximum Gasteiger partial charge on any atom is 0.308 e. The molecule has 0 spiro atoms. The second-order valence-corrected chi connectivity index (χ2v) is 6.90. The highest BCUT2D eigenvalue weighted by Gasteiger charge is 2.13. The molecule has 0 radical (unpaired) electrons. The number of ether oxygens (including phenoxy) is 9. The molecule has 0 aromatic carbocycles. The van der Waals surface area contributed by atoms with Crippen molar-refractivity contribution in [1.29, 1.82) is 0 Å². The quantitative estimate of drug-likeness (QED) is 0.163. The lowest BCUT2D eigenvalue weighted by Gasteiger charge is -2.22. The lowest BCUT2D eigenvalue weighted by molar-refractivity contribution is -0.169. The van der Waals surface area contributed by atoms with E-state index in [9.17, 15) is 4.79 Å². The van der Waals surface area contributed by atoms with E-state index >= 15 is 0 Å². The van der Waals surface area contributed by atoms with Crippen LogP contribution in [-0.2, 0) is 47.4 Å². The number of hydrogen-bond donors (Lipinski definition) is 0. The van der Waals surface area contributed by atoms with Gasteiger partial charge in [0, 0.05) is 6.61 Å². The fraction of sp³-hybridized carbons (Fsp3) is 0.955. The smallest absolute Gasteiger partial charge is 0.308 e. The Morgan fingerprint density at radius 1 is 0.688 bits per heavy atom. The van der Waals surface area contributed by atoms with Gasteiger partial charge in [0.15, 0.2) is 6.29 Å². The van der Waals surface area contributed by atoms with Gasteiger partial charge >= 0.3 is 5.97 Å². The Balaban J connectivity index is 1.65. The van der Waals surface area contributed by atoms with Crippen LogP contribution < -0.4 is 0 Å². The molecule has 1 aliphatic heterocycles. The first-order valence-electron chi connectivity index (χ1n) is 11.7. The zero-order valence-corrected chi connectivity index (χ0v) is 19.6. The van der Waals surface area contributed by atoms with E-state index in [1.54, 1.807) is 6.92 Å². The van der Waals surface area contributed by atoms with E-state index in [2.05, 4.69) is 0 Å². The van der Waals surface area contributed by atoms with Crippen LogP contribution in [0.4, 0.5) is 0 Å². The van der Waals surface area contributed by atoms with E-state index in [-0.39, 0.29) is 18.7 Å². The van der Waals surface area contributed by atoms with Crippen LogP contribution in [0.5, 0.6) is 0 Å². The fourth-order valence-corrected chi connectivity index (χ4v) is 2.67. The minimum Gasteiger partial charge on any atom is -0.466 e. The summed E-state index contributed by atoms with van der Waals surface area (Å²) in [7, 11) is 0. The molecule has 1 unspecified atom stereocenters. The summed E-state index contributed by atoms with van der Waals surface area (Å²) in [6.45, 7) is 9.42. The number of carbonyl (C=O) groups is 1. The number of rotatable bonds is 23. The standard InChI is InChI=1S/C22H42O10/c1-2-30-21(23)6-8-24-9-10-25-11-12-26-13-14-27-15-16-28-17-18-29-19-20-32-22-5-3-4-7-31-22/h22H,2-20H2,1H3. The predicted octanol–water partition coefficient (Wildman–Crippen LogP) is 1.58. The van der Waals surface area contributed by atoms with Crippen LogP contribution in [0.15, 0.2) is 0 Å². The normalized spacial score (nSPS) is 16.3. The SMILES string of the molecule is CCOC(=O)CCOCCOCCOCCOCCOCCOCCOC1CCCCO1. The molecule has 10 nitrogen and oxygen atoms in total. The van der Waals surface area contributed by atoms with Crippen LogP contribution in [0.25, 0.3) is 0 Å². The van der Waals surface area contributed by atoms with Gasteiger partial charge in [-0.2, -0.15) is 0 Å². The molecule has 0 aromatic rings. The van der Waals surface area contributed by atoms with E-state index in [1.165, 1.54) is 6.42 Å². The van der Waals surface area contributed by atoms with E-state index in [0.29, 0.717) is 92.5 Å². The third kappa shape index (κ3) is 19.8. The Hall–Kier alpha value is -0.850. The molecule has 10 heteroatoms. The van der Waals surface area contributed by atoms with Gasteiger partial charge < -0.3 is 42.6 Å². The molecule has 0 N–H and O–H groups in total. The number of carbonyl (C=O) groups excluding carboxylic acids is 1. The van der Waals surface area contributed by atoms with Crippen molar-refractivity contribution in [2.24, 2.45) is 0 Å². The molecule has 0 saturated carbocycles. The second-order valence-electron chi connectivity index (χ2n) is 6.90. The molecule has 1 rings (SSSR count). The Morgan fingerprint density at radius 2 is 1.16 bits per heavy atom. The van der Waals surface area contributed by atoms with Crippen LogP contribution >= 0.6 is 0 Å². The summed E-state index contributed by atoms with van der Waals surface area (Å²) in [6, 6.07) is 0. The molecule has 1 aliphatic rings. The third-order valence-electron chi connectivity index (χ3n) is 4.29. The van der Waals surface area contributed by atoms with Crippen LogP contribution in [0, 0.1) is 0 Å². The molecule has 0 aromatic heterocycles. The van der Waals surface area contributed by atoms with Gasteiger partial charge in [-0.25, -0.2) is 0 Å². The Morgan fingerprint density at radius 3 is 1.59 bits per heavy atom. The highest BCUT2D eigenvalue weighted by Crippen LogP contribution is 2.13. The van der Waals surface area contributed by atoms with Gasteiger partial charge in [0.05, 0.1) is 98.9 Å². The van der Waals surface area contributed by atoms with E-state index in [1.807, 2.05) is 0 Å². The molecule has 0 amide bonds. The van der Waals surface area contributed by atoms with Crippen molar-refractivity contribution in [2.75, 3.05) is 99.1 Å². The number of hydrogen-bond acceptors (Lipinski definition) is 10. The third-order valence-corrected chi connectivity index (χ3v) is 4.29. The van der Waals surface area contributed by atoms with Crippen molar-refractivity contribution in [3.05, 3.63) is 0 Å². The first kappa shape index (κ1) is 29.2. The largest absolute Gasteiger partial charge is 0.466 e. The summed E-state index contributed by atoms with van der Waals surface area (Å²) in [4.78, 5) is 11.1. The van der Waals surface area contributed by atoms with Crippen molar-refractivity contribution >= 4 is 5.97 Å². The van der Waals surface area contributed by atoms with E-state index < -0.39 is 0 Å². The van der Waals surface area contributed by atoms with Crippen molar-refractivity contribution in [2.45, 2.75) is 38.9 Å². The maximum absolute atomic E-state index is 11.1. The molecule has 1 atom stereocenters. The summed E-state index contributed by atoms with van der Waals surface area (Å²) in [5.41, 5.74) is 0. The summed E-state index contributed by atoms with van der Waals surface area (Å²) in [6.07, 6.45) is 3.46. The Kier molecular flexibility index (Phi) is 21.3. The minimum atomic E-state index is -0.244. The number of esters is 1. The lowest BCUT2D eigenvalue weighted by Crippen LogP contribution is -2.24. The predicted molar refractivity (Wildman–Crippen MR) is 116 cm³/mol. The zero-order chi connectivity index (χ0) is 23.0. The van der Waals surface area contributed by atoms with Crippen LogP contribution in [0.3, 0.4) is 0 Å². The molecular weight excluding hydrogens is 424 g/mol. The van der Waals surface area contributed by atoms with Crippen molar-refractivity contribution in [3.63, 3.8) is 0 Å². The summed E-state index contributed by atoms with van der Waals surface area (Å²) >= 11 is 0. The summed E-state index contributed by atoms with van der Waals surface area (Å²) < 4.78 is 48.3. The highest BCUT2D eigenvalue weighted by atomic mass is 16.7. The molecule has 1 fully saturated rings. The average Bonchev–Trinajstić information content (AvgIpc) is 2.81. The maximum atomic E-state index is 11.1. The van der Waals surface area contributed by atoms with Gasteiger partial charge in [0.25, 0.3) is 0 Å². The van der Waals surface area contributed by atoms with Crippen molar-refractivity contribution < 1.29 is 47.4 Å². The molecule has 0 aliphatic carbocycles. The zero-order valence-electron chi connectivity index (χ0n) is 19.6.